The second-order valence-corrected chi connectivity index (χ2v) is 9.56. The van der Waals surface area contributed by atoms with Crippen molar-refractivity contribution < 1.29 is 9.59 Å². The number of hydrogen-bond donors (Lipinski definition) is 1. The molecule has 0 spiro atoms. The third-order valence-corrected chi connectivity index (χ3v) is 7.62. The van der Waals surface area contributed by atoms with Crippen LogP contribution in [-0.4, -0.2) is 74.3 Å². The van der Waals surface area contributed by atoms with Crippen molar-refractivity contribution in [3.8, 4) is 0 Å². The Morgan fingerprint density at radius 2 is 1.66 bits per heavy atom. The summed E-state index contributed by atoms with van der Waals surface area (Å²) in [5, 5.41) is 12.1. The van der Waals surface area contributed by atoms with Gasteiger partial charge in [0.05, 0.1) is 6.54 Å². The molecule has 1 aromatic carbocycles. The summed E-state index contributed by atoms with van der Waals surface area (Å²) in [5.74, 6) is -0.0784. The number of anilines is 1. The molecule has 9 heteroatoms. The Balaban J connectivity index is 1.21. The van der Waals surface area contributed by atoms with E-state index in [4.69, 9.17) is 5.10 Å². The minimum Gasteiger partial charge on any atom is -0.368 e. The Morgan fingerprint density at radius 3 is 2.43 bits per heavy atom. The van der Waals surface area contributed by atoms with Crippen LogP contribution in [0.2, 0.25) is 0 Å². The van der Waals surface area contributed by atoms with Crippen molar-refractivity contribution in [2.75, 3.05) is 37.6 Å². The van der Waals surface area contributed by atoms with Crippen LogP contribution in [0.1, 0.15) is 56.8 Å². The third-order valence-electron chi connectivity index (χ3n) is 7.62. The van der Waals surface area contributed by atoms with Crippen molar-refractivity contribution in [3.63, 3.8) is 0 Å². The van der Waals surface area contributed by atoms with Crippen LogP contribution < -0.4 is 4.90 Å². The summed E-state index contributed by atoms with van der Waals surface area (Å²) in [6.45, 7) is 6.67. The van der Waals surface area contributed by atoms with Crippen molar-refractivity contribution in [2.24, 2.45) is 0 Å². The minimum atomic E-state index is -0.0471. The summed E-state index contributed by atoms with van der Waals surface area (Å²) in [7, 11) is 0. The van der Waals surface area contributed by atoms with Gasteiger partial charge in [-0.05, 0) is 38.3 Å². The van der Waals surface area contributed by atoms with Gasteiger partial charge in [0.2, 0.25) is 0 Å². The number of aryl methyl sites for hydroxylation is 2. The summed E-state index contributed by atoms with van der Waals surface area (Å²) < 4.78 is 1.94. The lowest BCUT2D eigenvalue weighted by molar-refractivity contribution is 0.0705. The van der Waals surface area contributed by atoms with Gasteiger partial charge >= 0.3 is 0 Å². The van der Waals surface area contributed by atoms with Crippen molar-refractivity contribution in [1.29, 1.82) is 0 Å². The lowest BCUT2D eigenvalue weighted by Gasteiger charge is -2.36. The smallest absolute Gasteiger partial charge is 0.274 e. The fourth-order valence-electron chi connectivity index (χ4n) is 5.70. The van der Waals surface area contributed by atoms with E-state index in [-0.39, 0.29) is 11.8 Å². The number of amides is 2. The molecule has 0 radical (unpaired) electrons. The maximum atomic E-state index is 13.6. The van der Waals surface area contributed by atoms with Gasteiger partial charge in [0.1, 0.15) is 0 Å². The van der Waals surface area contributed by atoms with E-state index < -0.39 is 0 Å². The maximum Gasteiger partial charge on any atom is 0.274 e. The van der Waals surface area contributed by atoms with E-state index in [1.807, 2.05) is 39.6 Å². The largest absolute Gasteiger partial charge is 0.368 e. The van der Waals surface area contributed by atoms with Crippen LogP contribution in [0.4, 0.5) is 5.69 Å². The molecule has 2 amide bonds. The maximum absolute atomic E-state index is 13.6. The second kappa shape index (κ2) is 8.87. The molecule has 1 fully saturated rings. The van der Waals surface area contributed by atoms with Crippen molar-refractivity contribution in [1.82, 2.24) is 29.8 Å². The molecule has 2 aliphatic heterocycles. The zero-order valence-corrected chi connectivity index (χ0v) is 20.2. The number of nitrogens with one attached hydrogen (secondary N) is 1. The highest BCUT2D eigenvalue weighted by Gasteiger charge is 2.34. The van der Waals surface area contributed by atoms with Gasteiger partial charge in [0.25, 0.3) is 11.8 Å². The average Bonchev–Trinajstić information content (AvgIpc) is 3.63. The molecule has 0 bridgehead atoms. The summed E-state index contributed by atoms with van der Waals surface area (Å²) in [6.07, 6.45) is 3.62. The van der Waals surface area contributed by atoms with Crippen molar-refractivity contribution >= 4 is 17.5 Å². The molecule has 3 aliphatic rings. The molecule has 1 N–H and O–H groups in total. The standard InChI is InChI=1S/C26H31N7O2/c1-2-33-22-11-12-32(25(34)23-19-9-6-10-21(19)27-28-23)17-20(22)24(29-33)26(35)31-15-13-30(14-16-31)18-7-4-3-5-8-18/h3-5,7-8H,2,6,9-17H2,1H3,(H,27,28). The highest BCUT2D eigenvalue weighted by atomic mass is 16.2. The van der Waals surface area contributed by atoms with Gasteiger partial charge in [-0.3, -0.25) is 19.4 Å². The first kappa shape index (κ1) is 21.9. The number of hydrogen-bond acceptors (Lipinski definition) is 5. The predicted molar refractivity (Wildman–Crippen MR) is 132 cm³/mol. The van der Waals surface area contributed by atoms with Gasteiger partial charge in [-0.15, -0.1) is 0 Å². The Morgan fingerprint density at radius 1 is 0.886 bits per heavy atom. The van der Waals surface area contributed by atoms with Crippen LogP contribution in [0.5, 0.6) is 0 Å². The van der Waals surface area contributed by atoms with Crippen LogP contribution in [0.15, 0.2) is 30.3 Å². The summed E-state index contributed by atoms with van der Waals surface area (Å²) in [6, 6.07) is 10.3. The molecule has 0 unspecified atom stereocenters. The monoisotopic (exact) mass is 473 g/mol. The van der Waals surface area contributed by atoms with E-state index in [1.165, 1.54) is 5.69 Å². The number of piperazine rings is 1. The predicted octanol–water partition coefficient (Wildman–Crippen LogP) is 2.28. The average molecular weight is 474 g/mol. The molecular weight excluding hydrogens is 442 g/mol. The molecule has 0 atom stereocenters. The lowest BCUT2D eigenvalue weighted by Crippen LogP contribution is -2.49. The highest BCUT2D eigenvalue weighted by molar-refractivity contribution is 5.96. The number of aromatic nitrogens is 4. The van der Waals surface area contributed by atoms with E-state index in [0.29, 0.717) is 50.5 Å². The molecule has 2 aromatic heterocycles. The van der Waals surface area contributed by atoms with Gasteiger partial charge in [0, 0.05) is 73.9 Å². The number of rotatable bonds is 4. The second-order valence-electron chi connectivity index (χ2n) is 9.56. The first-order chi connectivity index (χ1) is 17.1. The zero-order chi connectivity index (χ0) is 23.9. The number of H-pyrrole nitrogens is 1. The fourth-order valence-corrected chi connectivity index (χ4v) is 5.70. The summed E-state index contributed by atoms with van der Waals surface area (Å²) in [4.78, 5) is 33.0. The zero-order valence-electron chi connectivity index (χ0n) is 20.2. The van der Waals surface area contributed by atoms with Gasteiger partial charge in [-0.25, -0.2) is 0 Å². The van der Waals surface area contributed by atoms with E-state index in [2.05, 4.69) is 27.2 Å². The molecular formula is C26H31N7O2. The Hall–Kier alpha value is -3.62. The minimum absolute atomic E-state index is 0.0314. The molecule has 1 saturated heterocycles. The van der Waals surface area contributed by atoms with Gasteiger partial charge in [0.15, 0.2) is 11.4 Å². The number of carbonyl (C=O) groups is 2. The van der Waals surface area contributed by atoms with Crippen LogP contribution in [0.3, 0.4) is 0 Å². The first-order valence-electron chi connectivity index (χ1n) is 12.7. The van der Waals surface area contributed by atoms with E-state index in [1.54, 1.807) is 0 Å². The fraction of sp³-hybridized carbons (Fsp3) is 0.462. The molecule has 4 heterocycles. The summed E-state index contributed by atoms with van der Waals surface area (Å²) in [5.41, 5.74) is 6.37. The van der Waals surface area contributed by atoms with Gasteiger partial charge in [-0.1, -0.05) is 18.2 Å². The first-order valence-corrected chi connectivity index (χ1v) is 12.7. The number of nitrogens with zero attached hydrogens (tertiary/aromatic N) is 6. The molecule has 3 aromatic rings. The van der Waals surface area contributed by atoms with Crippen molar-refractivity contribution in [2.45, 2.75) is 45.7 Å². The van der Waals surface area contributed by atoms with Gasteiger partial charge < -0.3 is 14.7 Å². The van der Waals surface area contributed by atoms with Crippen LogP contribution in [0, 0.1) is 0 Å². The van der Waals surface area contributed by atoms with Crippen LogP contribution in [0.25, 0.3) is 0 Å². The quantitative estimate of drug-likeness (QED) is 0.628. The summed E-state index contributed by atoms with van der Waals surface area (Å²) >= 11 is 0. The lowest BCUT2D eigenvalue weighted by atomic mass is 10.0. The molecule has 6 rings (SSSR count). The van der Waals surface area contributed by atoms with Gasteiger partial charge in [-0.2, -0.15) is 10.2 Å². The normalized spacial score (nSPS) is 17.5. The number of aromatic amines is 1. The Kier molecular flexibility index (Phi) is 5.54. The number of fused-ring (bicyclic) bond motifs is 2. The van der Waals surface area contributed by atoms with E-state index in [0.717, 1.165) is 54.9 Å². The van der Waals surface area contributed by atoms with Crippen LogP contribution >= 0.6 is 0 Å². The number of benzene rings is 1. The molecule has 35 heavy (non-hydrogen) atoms. The SMILES string of the molecule is CCn1nc(C(=O)N2CCN(c3ccccc3)CC2)c2c1CCN(C(=O)c1n[nH]c3c1CCC3)C2. The third kappa shape index (κ3) is 3.79. The Bertz CT molecular complexity index is 1250. The number of para-hydroxylation sites is 1. The van der Waals surface area contributed by atoms with E-state index >= 15 is 0 Å². The molecule has 0 saturated carbocycles. The Labute approximate surface area is 204 Å². The number of carbonyl (C=O) groups excluding carboxylic acids is 2. The molecule has 9 nitrogen and oxygen atoms in total. The molecule has 182 valence electrons. The molecule has 1 aliphatic carbocycles. The highest BCUT2D eigenvalue weighted by Crippen LogP contribution is 2.28. The van der Waals surface area contributed by atoms with Crippen molar-refractivity contribution in [3.05, 3.63) is 64.2 Å². The van der Waals surface area contributed by atoms with E-state index in [9.17, 15) is 9.59 Å². The topological polar surface area (TPSA) is 90.4 Å². The van der Waals surface area contributed by atoms with Crippen LogP contribution in [-0.2, 0) is 32.4 Å².